The van der Waals surface area contributed by atoms with E-state index in [4.69, 9.17) is 9.47 Å². The van der Waals surface area contributed by atoms with Gasteiger partial charge in [0.05, 0.1) is 25.4 Å². The second-order valence-electron chi connectivity index (χ2n) is 6.67. The molecule has 0 heterocycles. The first-order valence-electron chi connectivity index (χ1n) is 8.87. The molecule has 0 saturated heterocycles. The number of hydrogen-bond acceptors (Lipinski definition) is 5. The zero-order valence-corrected chi connectivity index (χ0v) is 16.4. The zero-order chi connectivity index (χ0) is 19.7. The van der Waals surface area contributed by atoms with Crippen LogP contribution >= 0.6 is 0 Å². The van der Waals surface area contributed by atoms with Crippen molar-refractivity contribution in [2.75, 3.05) is 14.2 Å². The summed E-state index contributed by atoms with van der Waals surface area (Å²) in [7, 11) is 2.48. The lowest BCUT2D eigenvalue weighted by atomic mass is 9.86. The van der Waals surface area contributed by atoms with E-state index in [0.29, 0.717) is 6.42 Å². The highest BCUT2D eigenvalue weighted by atomic mass is 16.5. The minimum atomic E-state index is -1.13. The highest BCUT2D eigenvalue weighted by molar-refractivity contribution is 6.02. The summed E-state index contributed by atoms with van der Waals surface area (Å²) in [6.07, 6.45) is 8.71. The van der Waals surface area contributed by atoms with E-state index in [1.165, 1.54) is 25.4 Å². The second kappa shape index (κ2) is 10.8. The van der Waals surface area contributed by atoms with Crippen molar-refractivity contribution in [2.45, 2.75) is 59.0 Å². The third-order valence-electron chi connectivity index (χ3n) is 4.37. The van der Waals surface area contributed by atoms with Crippen LogP contribution in [0.3, 0.4) is 0 Å². The fraction of sp³-hybridized carbons (Fsp3) is 0.524. The van der Waals surface area contributed by atoms with Gasteiger partial charge in [0.1, 0.15) is 6.10 Å². The van der Waals surface area contributed by atoms with E-state index < -0.39 is 18.0 Å². The number of carbonyl (C=O) groups is 2. The molecule has 0 saturated carbocycles. The molecular formula is C21H30O5. The molecule has 5 nitrogen and oxygen atoms in total. The molecule has 0 spiro atoms. The molecule has 0 aromatic carbocycles. The number of allylic oxidation sites excluding steroid dienone is 5. The monoisotopic (exact) mass is 362 g/mol. The van der Waals surface area contributed by atoms with Crippen molar-refractivity contribution in [3.63, 3.8) is 0 Å². The van der Waals surface area contributed by atoms with E-state index >= 15 is 0 Å². The molecular weight excluding hydrogens is 332 g/mol. The van der Waals surface area contributed by atoms with E-state index in [9.17, 15) is 14.7 Å². The van der Waals surface area contributed by atoms with Gasteiger partial charge in [-0.2, -0.15) is 0 Å². The molecule has 0 aromatic heterocycles. The van der Waals surface area contributed by atoms with Crippen molar-refractivity contribution in [1.82, 2.24) is 0 Å². The Morgan fingerprint density at radius 2 is 1.77 bits per heavy atom. The largest absolute Gasteiger partial charge is 0.466 e. The van der Waals surface area contributed by atoms with Crippen LogP contribution in [0.1, 0.15) is 52.9 Å². The summed E-state index contributed by atoms with van der Waals surface area (Å²) in [5.74, 6) is -1.31. The normalized spacial score (nSPS) is 17.5. The Bertz CT molecular complexity index is 645. The minimum Gasteiger partial charge on any atom is -0.466 e. The molecule has 5 heteroatoms. The molecule has 1 aliphatic rings. The average molecular weight is 362 g/mol. The first kappa shape index (κ1) is 21.9. The SMILES string of the molecule is COC(=O)C1=C(C(=O)OC)C(O)C(CC/C=C(\C)CCC=C(C)C)=CC1. The molecule has 1 unspecified atom stereocenters. The smallest absolute Gasteiger partial charge is 0.337 e. The molecule has 1 atom stereocenters. The number of aliphatic hydroxyl groups excluding tert-OH is 1. The molecule has 1 N–H and O–H groups in total. The van der Waals surface area contributed by atoms with Crippen LogP contribution in [-0.2, 0) is 19.1 Å². The fourth-order valence-corrected chi connectivity index (χ4v) is 2.88. The summed E-state index contributed by atoms with van der Waals surface area (Å²) in [5.41, 5.74) is 3.49. The molecule has 0 radical (unpaired) electrons. The standard InChI is InChI=1S/C21H30O5/c1-14(2)8-6-9-15(3)10-7-11-16-12-13-17(20(23)25-4)18(19(16)22)21(24)26-5/h8,10,12,19,22H,6-7,9,11,13H2,1-5H3/b15-10+. The van der Waals surface area contributed by atoms with Gasteiger partial charge in [0.15, 0.2) is 0 Å². The molecule has 26 heavy (non-hydrogen) atoms. The number of methoxy groups -OCH3 is 2. The van der Waals surface area contributed by atoms with Crippen LogP contribution < -0.4 is 0 Å². The number of aliphatic hydroxyl groups is 1. The van der Waals surface area contributed by atoms with Gasteiger partial charge in [-0.05, 0) is 58.4 Å². The van der Waals surface area contributed by atoms with Crippen molar-refractivity contribution in [3.8, 4) is 0 Å². The number of carbonyl (C=O) groups excluding carboxylic acids is 2. The van der Waals surface area contributed by atoms with Crippen LogP contribution in [0.4, 0.5) is 0 Å². The first-order chi connectivity index (χ1) is 12.3. The predicted octanol–water partition coefficient (Wildman–Crippen LogP) is 3.79. The Labute approximate surface area is 156 Å². The van der Waals surface area contributed by atoms with Crippen LogP contribution in [0, 0.1) is 0 Å². The summed E-state index contributed by atoms with van der Waals surface area (Å²) in [5, 5.41) is 10.5. The second-order valence-corrected chi connectivity index (χ2v) is 6.67. The van der Waals surface area contributed by atoms with Gasteiger partial charge in [0, 0.05) is 0 Å². The van der Waals surface area contributed by atoms with Gasteiger partial charge in [0.25, 0.3) is 0 Å². The van der Waals surface area contributed by atoms with Gasteiger partial charge >= 0.3 is 11.9 Å². The number of hydrogen-bond donors (Lipinski definition) is 1. The van der Waals surface area contributed by atoms with Crippen molar-refractivity contribution in [3.05, 3.63) is 46.1 Å². The summed E-state index contributed by atoms with van der Waals surface area (Å²) in [6.45, 7) is 6.27. The Kier molecular flexibility index (Phi) is 9.07. The third-order valence-corrected chi connectivity index (χ3v) is 4.37. The van der Waals surface area contributed by atoms with Crippen molar-refractivity contribution in [2.24, 2.45) is 0 Å². The molecule has 1 rings (SSSR count). The molecule has 0 bridgehead atoms. The lowest BCUT2D eigenvalue weighted by molar-refractivity contribution is -0.140. The topological polar surface area (TPSA) is 72.8 Å². The van der Waals surface area contributed by atoms with Gasteiger partial charge < -0.3 is 14.6 Å². The molecule has 0 fully saturated rings. The Balaban J connectivity index is 2.76. The van der Waals surface area contributed by atoms with Gasteiger partial charge in [-0.1, -0.05) is 29.4 Å². The van der Waals surface area contributed by atoms with Crippen LogP contribution in [0.15, 0.2) is 46.1 Å². The molecule has 1 aliphatic carbocycles. The third kappa shape index (κ3) is 6.30. The van der Waals surface area contributed by atoms with E-state index in [-0.39, 0.29) is 17.6 Å². The maximum atomic E-state index is 12.0. The molecule has 0 aliphatic heterocycles. The van der Waals surface area contributed by atoms with Crippen LogP contribution in [-0.4, -0.2) is 37.4 Å². The molecule has 0 amide bonds. The summed E-state index contributed by atoms with van der Waals surface area (Å²) in [4.78, 5) is 23.9. The maximum absolute atomic E-state index is 12.0. The van der Waals surface area contributed by atoms with Gasteiger partial charge in [-0.3, -0.25) is 0 Å². The summed E-state index contributed by atoms with van der Waals surface area (Å²) < 4.78 is 9.44. The number of rotatable bonds is 8. The Hall–Kier alpha value is -2.14. The minimum absolute atomic E-state index is 0.0129. The summed E-state index contributed by atoms with van der Waals surface area (Å²) in [6, 6.07) is 0. The highest BCUT2D eigenvalue weighted by Crippen LogP contribution is 2.29. The van der Waals surface area contributed by atoms with Crippen molar-refractivity contribution < 1.29 is 24.2 Å². The van der Waals surface area contributed by atoms with Crippen LogP contribution in [0.5, 0.6) is 0 Å². The first-order valence-corrected chi connectivity index (χ1v) is 8.87. The van der Waals surface area contributed by atoms with E-state index in [2.05, 4.69) is 32.9 Å². The fourth-order valence-electron chi connectivity index (χ4n) is 2.88. The van der Waals surface area contributed by atoms with Crippen molar-refractivity contribution in [1.29, 1.82) is 0 Å². The number of ether oxygens (including phenoxy) is 2. The van der Waals surface area contributed by atoms with E-state index in [1.54, 1.807) is 6.08 Å². The lowest BCUT2D eigenvalue weighted by Gasteiger charge is -2.23. The van der Waals surface area contributed by atoms with Crippen molar-refractivity contribution >= 4 is 11.9 Å². The Morgan fingerprint density at radius 3 is 2.35 bits per heavy atom. The zero-order valence-electron chi connectivity index (χ0n) is 16.4. The lowest BCUT2D eigenvalue weighted by Crippen LogP contribution is -2.28. The molecule has 144 valence electrons. The van der Waals surface area contributed by atoms with Crippen LogP contribution in [0.25, 0.3) is 0 Å². The maximum Gasteiger partial charge on any atom is 0.337 e. The summed E-state index contributed by atoms with van der Waals surface area (Å²) >= 11 is 0. The average Bonchev–Trinajstić information content (AvgIpc) is 2.61. The number of esters is 2. The quantitative estimate of drug-likeness (QED) is 0.525. The Morgan fingerprint density at radius 1 is 1.12 bits per heavy atom. The van der Waals surface area contributed by atoms with Gasteiger partial charge in [-0.15, -0.1) is 0 Å². The van der Waals surface area contributed by atoms with E-state index in [0.717, 1.165) is 24.8 Å². The highest BCUT2D eigenvalue weighted by Gasteiger charge is 2.32. The van der Waals surface area contributed by atoms with Gasteiger partial charge in [0.2, 0.25) is 0 Å². The van der Waals surface area contributed by atoms with Crippen LogP contribution in [0.2, 0.25) is 0 Å². The van der Waals surface area contributed by atoms with Gasteiger partial charge in [-0.25, -0.2) is 9.59 Å². The predicted molar refractivity (Wildman–Crippen MR) is 101 cm³/mol. The van der Waals surface area contributed by atoms with E-state index in [1.807, 2.05) is 0 Å². The molecule has 0 aromatic rings.